The van der Waals surface area contributed by atoms with E-state index in [9.17, 15) is 18.0 Å². The zero-order valence-corrected chi connectivity index (χ0v) is 21.5. The summed E-state index contributed by atoms with van der Waals surface area (Å²) >= 11 is 4.71. The number of hydrogen-bond acceptors (Lipinski definition) is 8. The summed E-state index contributed by atoms with van der Waals surface area (Å²) in [4.78, 5) is 23.7. The fourth-order valence-corrected chi connectivity index (χ4v) is 5.27. The van der Waals surface area contributed by atoms with Crippen molar-refractivity contribution in [3.8, 4) is 0 Å². The topological polar surface area (TPSA) is 76.0 Å². The van der Waals surface area contributed by atoms with Crippen LogP contribution in [0.5, 0.6) is 0 Å². The first-order valence-corrected chi connectivity index (χ1v) is 12.7. The predicted octanol–water partition coefficient (Wildman–Crippen LogP) is 4.31. The Morgan fingerprint density at radius 1 is 1.34 bits per heavy atom. The number of thiazole rings is 1. The maximum atomic E-state index is 14.5. The van der Waals surface area contributed by atoms with Crippen LogP contribution < -0.4 is 5.32 Å². The van der Waals surface area contributed by atoms with E-state index in [-0.39, 0.29) is 31.9 Å². The molecule has 2 aliphatic rings. The molecule has 1 N–H and O–H groups in total. The number of halogens is 4. The third-order valence-corrected chi connectivity index (χ3v) is 7.06. The first-order chi connectivity index (χ1) is 16.7. The van der Waals surface area contributed by atoms with Crippen LogP contribution in [0.2, 0.25) is 0 Å². The summed E-state index contributed by atoms with van der Waals surface area (Å²) in [6, 6.07) is 3.22. The minimum absolute atomic E-state index is 0.00321. The molecule has 2 aliphatic heterocycles. The molecule has 0 saturated carbocycles. The van der Waals surface area contributed by atoms with Crippen molar-refractivity contribution in [2.45, 2.75) is 31.9 Å². The van der Waals surface area contributed by atoms with Crippen LogP contribution in [0.1, 0.15) is 30.5 Å². The molecule has 2 aromatic rings. The fraction of sp³-hybridized carbons (Fsp3) is 0.435. The van der Waals surface area contributed by atoms with Gasteiger partial charge in [0, 0.05) is 41.4 Å². The number of alkyl halides is 2. The molecule has 0 aliphatic carbocycles. The third kappa shape index (κ3) is 5.60. The summed E-state index contributed by atoms with van der Waals surface area (Å²) in [5, 5.41) is 5.48. The zero-order valence-electron chi connectivity index (χ0n) is 19.1. The Kier molecular flexibility index (Phi) is 7.94. The highest BCUT2D eigenvalue weighted by Crippen LogP contribution is 2.38. The van der Waals surface area contributed by atoms with E-state index < -0.39 is 36.4 Å². The maximum Gasteiger partial charge on any atom is 0.338 e. The fourth-order valence-electron chi connectivity index (χ4n) is 4.12. The van der Waals surface area contributed by atoms with Crippen molar-refractivity contribution in [1.29, 1.82) is 0 Å². The maximum absolute atomic E-state index is 14.5. The van der Waals surface area contributed by atoms with Gasteiger partial charge in [0.25, 0.3) is 5.92 Å². The summed E-state index contributed by atoms with van der Waals surface area (Å²) in [7, 11) is 0. The molecule has 35 heavy (non-hydrogen) atoms. The van der Waals surface area contributed by atoms with Crippen LogP contribution in [0.3, 0.4) is 0 Å². The number of rotatable bonds is 8. The van der Waals surface area contributed by atoms with E-state index in [1.165, 1.54) is 34.4 Å². The van der Waals surface area contributed by atoms with Gasteiger partial charge in [0.2, 0.25) is 0 Å². The van der Waals surface area contributed by atoms with Crippen LogP contribution in [0.4, 0.5) is 13.2 Å². The number of likely N-dealkylation sites (tertiary alicyclic amines) is 1. The van der Waals surface area contributed by atoms with Crippen molar-refractivity contribution in [3.05, 3.63) is 61.9 Å². The number of carbonyl (C=O) groups excluding carboxylic acids is 1. The average molecular weight is 573 g/mol. The molecule has 1 aromatic heterocycles. The number of aromatic nitrogens is 1. The molecule has 1 aromatic carbocycles. The van der Waals surface area contributed by atoms with Gasteiger partial charge in [0.15, 0.2) is 10.8 Å². The van der Waals surface area contributed by atoms with Crippen LogP contribution in [-0.4, -0.2) is 66.6 Å². The first kappa shape index (κ1) is 25.8. The number of nitrogens with one attached hydrogen (secondary N) is 1. The summed E-state index contributed by atoms with van der Waals surface area (Å²) in [5.41, 5.74) is 1.07. The third-order valence-electron chi connectivity index (χ3n) is 5.59. The lowest BCUT2D eigenvalue weighted by molar-refractivity contribution is -0.139. The van der Waals surface area contributed by atoms with Gasteiger partial charge < -0.3 is 14.8 Å². The standard InChI is InChI=1S/C23H24BrF3N4O3S/c1-3-33-17-11-31(12-23(17,26)27)10-16-18(22(32)34-4-2)19(14-6-5-13(25)9-15(14)24)30-20(29-16)21-28-7-8-35-21/h5-9,17,19H,3-4,10-12H2,1-2H3,(H,29,30)/t17?,19-/m0/s1. The Balaban J connectivity index is 1.78. The number of ether oxygens (including phenoxy) is 2. The molecular weight excluding hydrogens is 549 g/mol. The second-order valence-electron chi connectivity index (χ2n) is 8.00. The average Bonchev–Trinajstić information content (AvgIpc) is 3.42. The Morgan fingerprint density at radius 2 is 2.14 bits per heavy atom. The molecule has 3 heterocycles. The molecule has 4 rings (SSSR count). The van der Waals surface area contributed by atoms with Gasteiger partial charge in [-0.2, -0.15) is 0 Å². The minimum Gasteiger partial charge on any atom is -0.463 e. The van der Waals surface area contributed by atoms with Crippen molar-refractivity contribution in [3.63, 3.8) is 0 Å². The Morgan fingerprint density at radius 3 is 2.80 bits per heavy atom. The molecule has 0 amide bonds. The second-order valence-corrected chi connectivity index (χ2v) is 9.74. The highest BCUT2D eigenvalue weighted by molar-refractivity contribution is 9.10. The van der Waals surface area contributed by atoms with E-state index in [1.54, 1.807) is 25.4 Å². The van der Waals surface area contributed by atoms with Crippen LogP contribution in [0, 0.1) is 5.82 Å². The van der Waals surface area contributed by atoms with Gasteiger partial charge in [-0.25, -0.2) is 22.9 Å². The van der Waals surface area contributed by atoms with Crippen LogP contribution in [0.15, 0.2) is 50.5 Å². The smallest absolute Gasteiger partial charge is 0.338 e. The highest BCUT2D eigenvalue weighted by Gasteiger charge is 2.49. The van der Waals surface area contributed by atoms with E-state index in [4.69, 9.17) is 14.5 Å². The molecule has 0 radical (unpaired) electrons. The summed E-state index contributed by atoms with van der Waals surface area (Å²) in [5.74, 6) is -3.73. The molecule has 0 bridgehead atoms. The van der Waals surface area contributed by atoms with Gasteiger partial charge in [0.1, 0.15) is 18.0 Å². The highest BCUT2D eigenvalue weighted by atomic mass is 79.9. The largest absolute Gasteiger partial charge is 0.463 e. The number of nitrogens with zero attached hydrogens (tertiary/aromatic N) is 3. The molecular formula is C23H24BrF3N4O3S. The van der Waals surface area contributed by atoms with Gasteiger partial charge in [-0.1, -0.05) is 22.0 Å². The second kappa shape index (κ2) is 10.8. The number of hydrogen-bond donors (Lipinski definition) is 1. The van der Waals surface area contributed by atoms with Crippen LogP contribution >= 0.6 is 27.3 Å². The van der Waals surface area contributed by atoms with Crippen molar-refractivity contribution in [1.82, 2.24) is 15.2 Å². The van der Waals surface area contributed by atoms with E-state index >= 15 is 0 Å². The molecule has 12 heteroatoms. The van der Waals surface area contributed by atoms with Crippen molar-refractivity contribution in [2.75, 3.05) is 32.8 Å². The lowest BCUT2D eigenvalue weighted by Crippen LogP contribution is -2.39. The molecule has 7 nitrogen and oxygen atoms in total. The van der Waals surface area contributed by atoms with E-state index in [1.807, 2.05) is 0 Å². The van der Waals surface area contributed by atoms with Gasteiger partial charge >= 0.3 is 5.97 Å². The Labute approximate surface area is 213 Å². The number of benzene rings is 1. The quantitative estimate of drug-likeness (QED) is 0.475. The zero-order chi connectivity index (χ0) is 25.2. The van der Waals surface area contributed by atoms with Crippen molar-refractivity contribution < 1.29 is 27.4 Å². The number of esters is 1. The van der Waals surface area contributed by atoms with E-state index in [0.29, 0.717) is 26.6 Å². The molecule has 0 spiro atoms. The normalized spacial score (nSPS) is 22.2. The minimum atomic E-state index is -3.03. The lowest BCUT2D eigenvalue weighted by atomic mass is 9.95. The summed E-state index contributed by atoms with van der Waals surface area (Å²) in [6.45, 7) is 3.12. The summed E-state index contributed by atoms with van der Waals surface area (Å²) in [6.07, 6.45) is 0.377. The molecule has 188 valence electrons. The van der Waals surface area contributed by atoms with Crippen molar-refractivity contribution in [2.24, 2.45) is 4.99 Å². The molecule has 1 saturated heterocycles. The predicted molar refractivity (Wildman–Crippen MR) is 129 cm³/mol. The number of amidine groups is 1. The monoisotopic (exact) mass is 572 g/mol. The SMILES string of the molecule is CCOC(=O)C1=C(CN2CC(OCC)C(F)(F)C2)NC(c2nccs2)=N[C@H]1c1ccc(F)cc1Br. The molecule has 1 fully saturated rings. The lowest BCUT2D eigenvalue weighted by Gasteiger charge is -2.29. The van der Waals surface area contributed by atoms with Gasteiger partial charge in [0.05, 0.1) is 18.7 Å². The number of aliphatic imine (C=N–C) groups is 1. The Hall–Kier alpha value is -2.28. The van der Waals surface area contributed by atoms with Gasteiger partial charge in [-0.15, -0.1) is 11.3 Å². The molecule has 1 unspecified atom stereocenters. The van der Waals surface area contributed by atoms with Crippen molar-refractivity contribution >= 4 is 39.1 Å². The van der Waals surface area contributed by atoms with Gasteiger partial charge in [-0.3, -0.25) is 9.89 Å². The van der Waals surface area contributed by atoms with Gasteiger partial charge in [-0.05, 0) is 31.5 Å². The van der Waals surface area contributed by atoms with E-state index in [0.717, 1.165) is 0 Å². The van der Waals surface area contributed by atoms with Crippen LogP contribution in [0.25, 0.3) is 0 Å². The number of carbonyl (C=O) groups is 1. The Bertz CT molecular complexity index is 1140. The molecule has 2 atom stereocenters. The first-order valence-electron chi connectivity index (χ1n) is 11.0. The summed E-state index contributed by atoms with van der Waals surface area (Å²) < 4.78 is 53.9. The van der Waals surface area contributed by atoms with Crippen LogP contribution in [-0.2, 0) is 14.3 Å². The van der Waals surface area contributed by atoms with E-state index in [2.05, 4.69) is 26.2 Å².